The van der Waals surface area contributed by atoms with E-state index in [1.165, 1.54) is 13.8 Å². The minimum absolute atomic E-state index is 0.0201. The molecule has 11 heteroatoms. The molecular formula is C36H46O11. The zero-order chi connectivity index (χ0) is 34.4. The smallest absolute Gasteiger partial charge is 0.338 e. The molecule has 5 aliphatic rings. The van der Waals surface area contributed by atoms with Gasteiger partial charge < -0.3 is 33.9 Å². The summed E-state index contributed by atoms with van der Waals surface area (Å²) in [7, 11) is 0. The van der Waals surface area contributed by atoms with E-state index in [0.29, 0.717) is 12.0 Å². The number of allylic oxidation sites excluding steroid dienone is 1. The molecule has 4 unspecified atom stereocenters. The van der Waals surface area contributed by atoms with Crippen LogP contribution in [0.3, 0.4) is 0 Å². The minimum Gasteiger partial charge on any atom is -0.462 e. The van der Waals surface area contributed by atoms with Crippen molar-refractivity contribution in [3.05, 3.63) is 47.5 Å². The third-order valence-corrected chi connectivity index (χ3v) is 12.3. The SMILES string of the molecule is C/C=C(\C)C(=O)OC1C[C@H]2[C@@H]([C@H]3[C@@]4(C)O[C@@H](O)[C@]13[C@H](OC(C)=O)[C@H]1C(OC(C)=O)C(C)CC1(OC(=O)c1ccccc1)[C@@H]4O)C2(C)C. The standard InChI is InChI=1S/C36H46O11/c1-9-17(2)29(39)45-23-15-22-24(33(22,6)7)27-34(8)31(41)35(46-30(40)21-13-11-10-12-14-21)16-18(3)26(43-19(4)37)25(35)28(44-20(5)38)36(23,27)32(42)47-34/h9-14,18,22-28,31-32,41-42H,15-16H2,1-8H3/b17-9+/t18?,22-,23?,24-,25+,26?,27-,28+,31+,32+,34+,35?,36+/m0/s1. The molecule has 13 atom stereocenters. The predicted molar refractivity (Wildman–Crippen MR) is 165 cm³/mol. The molecule has 1 aromatic carbocycles. The molecule has 1 saturated heterocycles. The molecule has 47 heavy (non-hydrogen) atoms. The van der Waals surface area contributed by atoms with Crippen LogP contribution in [0, 0.1) is 40.4 Å². The number of aliphatic hydroxyl groups is 2. The van der Waals surface area contributed by atoms with Gasteiger partial charge in [0.1, 0.15) is 35.4 Å². The Morgan fingerprint density at radius 1 is 0.936 bits per heavy atom. The van der Waals surface area contributed by atoms with Crippen molar-refractivity contribution in [2.75, 3.05) is 0 Å². The highest BCUT2D eigenvalue weighted by Crippen LogP contribution is 2.79. The summed E-state index contributed by atoms with van der Waals surface area (Å²) in [5, 5.41) is 25.0. The maximum Gasteiger partial charge on any atom is 0.338 e. The first-order valence-electron chi connectivity index (χ1n) is 16.5. The molecule has 6 rings (SSSR count). The molecule has 1 aliphatic heterocycles. The summed E-state index contributed by atoms with van der Waals surface area (Å²) in [5.41, 5.74) is -4.76. The van der Waals surface area contributed by atoms with E-state index in [2.05, 4.69) is 13.8 Å². The average Bonchev–Trinajstić information content (AvgIpc) is 3.31. The molecule has 4 saturated carbocycles. The van der Waals surface area contributed by atoms with Crippen molar-refractivity contribution in [2.45, 2.75) is 110 Å². The van der Waals surface area contributed by atoms with Crippen molar-refractivity contribution < 1.29 is 53.1 Å². The van der Waals surface area contributed by atoms with Crippen LogP contribution in [0.25, 0.3) is 0 Å². The van der Waals surface area contributed by atoms with Crippen molar-refractivity contribution in [3.8, 4) is 0 Å². The number of hydrogen-bond donors (Lipinski definition) is 2. The van der Waals surface area contributed by atoms with Crippen LogP contribution in [0.5, 0.6) is 0 Å². The van der Waals surface area contributed by atoms with Crippen LogP contribution in [-0.2, 0) is 38.1 Å². The van der Waals surface area contributed by atoms with Crippen molar-refractivity contribution in [2.24, 2.45) is 40.4 Å². The number of benzene rings is 1. The van der Waals surface area contributed by atoms with Crippen LogP contribution in [-0.4, -0.2) is 76.0 Å². The van der Waals surface area contributed by atoms with Gasteiger partial charge in [-0.25, -0.2) is 9.59 Å². The first-order valence-corrected chi connectivity index (χ1v) is 16.5. The molecule has 0 aromatic heterocycles. The first kappa shape index (κ1) is 33.6. The number of esters is 4. The number of rotatable bonds is 6. The molecular weight excluding hydrogens is 608 g/mol. The molecule has 1 aromatic rings. The average molecular weight is 655 g/mol. The summed E-state index contributed by atoms with van der Waals surface area (Å²) in [5.74, 6) is -5.19. The quantitative estimate of drug-likeness (QED) is 0.262. The molecule has 5 fully saturated rings. The van der Waals surface area contributed by atoms with Gasteiger partial charge in [0, 0.05) is 25.3 Å². The normalized spacial score (nSPS) is 44.2. The van der Waals surface area contributed by atoms with E-state index >= 15 is 0 Å². The van der Waals surface area contributed by atoms with E-state index in [9.17, 15) is 29.4 Å². The van der Waals surface area contributed by atoms with E-state index in [-0.39, 0.29) is 29.2 Å². The van der Waals surface area contributed by atoms with E-state index < -0.39 is 89.0 Å². The molecule has 4 aliphatic carbocycles. The topological polar surface area (TPSA) is 155 Å². The predicted octanol–water partition coefficient (Wildman–Crippen LogP) is 3.74. The second-order valence-electron chi connectivity index (χ2n) is 15.1. The second-order valence-corrected chi connectivity index (χ2v) is 15.1. The lowest BCUT2D eigenvalue weighted by Gasteiger charge is -2.52. The maximum absolute atomic E-state index is 13.9. The first-order chi connectivity index (χ1) is 22.0. The Morgan fingerprint density at radius 3 is 2.17 bits per heavy atom. The zero-order valence-corrected chi connectivity index (χ0v) is 28.2. The number of hydrogen-bond acceptors (Lipinski definition) is 11. The van der Waals surface area contributed by atoms with Crippen molar-refractivity contribution in [1.29, 1.82) is 0 Å². The molecule has 2 N–H and O–H groups in total. The van der Waals surface area contributed by atoms with Crippen LogP contribution in [0.2, 0.25) is 0 Å². The van der Waals surface area contributed by atoms with Gasteiger partial charge in [0.2, 0.25) is 0 Å². The summed E-state index contributed by atoms with van der Waals surface area (Å²) in [6, 6.07) is 8.31. The fourth-order valence-electron chi connectivity index (χ4n) is 10.3. The lowest BCUT2D eigenvalue weighted by Crippen LogP contribution is -2.66. The van der Waals surface area contributed by atoms with Gasteiger partial charge in [-0.05, 0) is 68.9 Å². The molecule has 0 spiro atoms. The Kier molecular flexibility index (Phi) is 7.96. The van der Waals surface area contributed by atoms with Crippen LogP contribution < -0.4 is 0 Å². The monoisotopic (exact) mass is 654 g/mol. The highest BCUT2D eigenvalue weighted by atomic mass is 16.7. The van der Waals surface area contributed by atoms with Crippen LogP contribution in [0.15, 0.2) is 42.0 Å². The van der Waals surface area contributed by atoms with E-state index in [4.69, 9.17) is 23.7 Å². The third-order valence-electron chi connectivity index (χ3n) is 12.3. The van der Waals surface area contributed by atoms with Crippen LogP contribution >= 0.6 is 0 Å². The number of fused-ring (bicyclic) bond motifs is 2. The van der Waals surface area contributed by atoms with E-state index in [0.717, 1.165) is 0 Å². The fourth-order valence-corrected chi connectivity index (χ4v) is 10.3. The fraction of sp³-hybridized carbons (Fsp3) is 0.667. The van der Waals surface area contributed by atoms with Gasteiger partial charge in [-0.2, -0.15) is 0 Å². The summed E-state index contributed by atoms with van der Waals surface area (Å²) in [6.07, 6.45) is -4.70. The Labute approximate surface area is 274 Å². The van der Waals surface area contributed by atoms with E-state index in [1.807, 2.05) is 6.92 Å². The largest absolute Gasteiger partial charge is 0.462 e. The van der Waals surface area contributed by atoms with Crippen LogP contribution in [0.1, 0.15) is 78.6 Å². The Morgan fingerprint density at radius 2 is 1.57 bits per heavy atom. The van der Waals surface area contributed by atoms with Crippen LogP contribution in [0.4, 0.5) is 0 Å². The molecule has 11 nitrogen and oxygen atoms in total. The second kappa shape index (κ2) is 11.1. The van der Waals surface area contributed by atoms with Gasteiger partial charge in [0.05, 0.1) is 11.5 Å². The van der Waals surface area contributed by atoms with Gasteiger partial charge in [0.25, 0.3) is 0 Å². The third kappa shape index (κ3) is 4.63. The number of carbonyl (C=O) groups excluding carboxylic acids is 4. The van der Waals surface area contributed by atoms with Gasteiger partial charge >= 0.3 is 23.9 Å². The Balaban J connectivity index is 1.64. The summed E-state index contributed by atoms with van der Waals surface area (Å²) in [4.78, 5) is 53.2. The molecule has 256 valence electrons. The number of carbonyl (C=O) groups is 4. The lowest BCUT2D eigenvalue weighted by atomic mass is 9.56. The molecule has 1 heterocycles. The minimum atomic E-state index is -1.81. The highest BCUT2D eigenvalue weighted by Gasteiger charge is 2.88. The maximum atomic E-state index is 13.9. The van der Waals surface area contributed by atoms with Gasteiger partial charge in [-0.3, -0.25) is 9.59 Å². The Bertz CT molecular complexity index is 1500. The molecule has 0 amide bonds. The highest BCUT2D eigenvalue weighted by molar-refractivity contribution is 5.90. The molecule has 2 bridgehead atoms. The lowest BCUT2D eigenvalue weighted by molar-refractivity contribution is -0.283. The number of ether oxygens (including phenoxy) is 5. The Hall–Kier alpha value is -3.28. The van der Waals surface area contributed by atoms with E-state index in [1.54, 1.807) is 57.2 Å². The van der Waals surface area contributed by atoms with Gasteiger partial charge in [0.15, 0.2) is 11.9 Å². The van der Waals surface area contributed by atoms with Gasteiger partial charge in [-0.1, -0.05) is 45.0 Å². The zero-order valence-electron chi connectivity index (χ0n) is 28.2. The van der Waals surface area contributed by atoms with Gasteiger partial charge in [-0.15, -0.1) is 0 Å². The summed E-state index contributed by atoms with van der Waals surface area (Å²) >= 11 is 0. The van der Waals surface area contributed by atoms with Crippen molar-refractivity contribution in [3.63, 3.8) is 0 Å². The van der Waals surface area contributed by atoms with Crippen molar-refractivity contribution >= 4 is 23.9 Å². The summed E-state index contributed by atoms with van der Waals surface area (Å²) < 4.78 is 31.4. The number of aliphatic hydroxyl groups excluding tert-OH is 2. The summed E-state index contributed by atoms with van der Waals surface area (Å²) in [6.45, 7) is 13.5. The molecule has 0 radical (unpaired) electrons. The van der Waals surface area contributed by atoms with Crippen molar-refractivity contribution in [1.82, 2.24) is 0 Å².